The SMILES string of the molecule is Clc1ccc(-c2cc3ncccc3c(NCc3ccccn3)n2)cc1. The molecule has 122 valence electrons. The van der Waals surface area contributed by atoms with Gasteiger partial charge in [-0.05, 0) is 42.5 Å². The van der Waals surface area contributed by atoms with Crippen molar-refractivity contribution in [2.24, 2.45) is 0 Å². The minimum atomic E-state index is 0.599. The number of benzene rings is 1. The first kappa shape index (κ1) is 15.5. The van der Waals surface area contributed by atoms with Gasteiger partial charge in [-0.25, -0.2) is 4.98 Å². The number of rotatable bonds is 4. The molecule has 1 aromatic carbocycles. The van der Waals surface area contributed by atoms with E-state index in [1.165, 1.54) is 0 Å². The van der Waals surface area contributed by atoms with Crippen LogP contribution < -0.4 is 5.32 Å². The Hall–Kier alpha value is -2.98. The zero-order valence-electron chi connectivity index (χ0n) is 13.4. The normalized spacial score (nSPS) is 10.8. The number of pyridine rings is 3. The molecule has 0 bridgehead atoms. The third kappa shape index (κ3) is 3.44. The largest absolute Gasteiger partial charge is 0.364 e. The molecule has 0 aliphatic carbocycles. The average Bonchev–Trinajstić information content (AvgIpc) is 2.67. The van der Waals surface area contributed by atoms with Crippen LogP contribution in [0.4, 0.5) is 5.82 Å². The minimum Gasteiger partial charge on any atom is -0.364 e. The Balaban J connectivity index is 1.74. The quantitative estimate of drug-likeness (QED) is 0.567. The lowest BCUT2D eigenvalue weighted by Crippen LogP contribution is -2.04. The summed E-state index contributed by atoms with van der Waals surface area (Å²) in [6.45, 7) is 0.599. The van der Waals surface area contributed by atoms with Gasteiger partial charge in [0.2, 0.25) is 0 Å². The minimum absolute atomic E-state index is 0.599. The molecule has 0 amide bonds. The van der Waals surface area contributed by atoms with Gasteiger partial charge in [0, 0.05) is 28.4 Å². The topological polar surface area (TPSA) is 50.7 Å². The van der Waals surface area contributed by atoms with E-state index in [2.05, 4.69) is 15.3 Å². The first-order valence-electron chi connectivity index (χ1n) is 7.95. The summed E-state index contributed by atoms with van der Waals surface area (Å²) in [6.07, 6.45) is 3.57. The van der Waals surface area contributed by atoms with E-state index in [1.54, 1.807) is 12.4 Å². The molecule has 4 aromatic rings. The summed E-state index contributed by atoms with van der Waals surface area (Å²) in [7, 11) is 0. The van der Waals surface area contributed by atoms with Crippen LogP contribution >= 0.6 is 11.6 Å². The summed E-state index contributed by atoms with van der Waals surface area (Å²) in [6, 6.07) is 19.4. The van der Waals surface area contributed by atoms with Crippen molar-refractivity contribution < 1.29 is 0 Å². The van der Waals surface area contributed by atoms with Gasteiger partial charge in [-0.1, -0.05) is 29.8 Å². The highest BCUT2D eigenvalue weighted by Crippen LogP contribution is 2.27. The Bertz CT molecular complexity index is 1000. The van der Waals surface area contributed by atoms with E-state index in [1.807, 2.05) is 60.7 Å². The molecule has 0 saturated carbocycles. The average molecular weight is 347 g/mol. The molecule has 0 fully saturated rings. The standard InChI is InChI=1S/C20H15ClN4/c21-15-8-6-14(7-9-15)18-12-19-17(5-3-11-23-19)20(25-18)24-13-16-4-1-2-10-22-16/h1-12H,13H2,(H,24,25). The van der Waals surface area contributed by atoms with Gasteiger partial charge in [0.25, 0.3) is 0 Å². The van der Waals surface area contributed by atoms with E-state index in [-0.39, 0.29) is 0 Å². The summed E-state index contributed by atoms with van der Waals surface area (Å²) in [5.74, 6) is 0.793. The first-order valence-corrected chi connectivity index (χ1v) is 8.33. The van der Waals surface area contributed by atoms with Crippen LogP contribution in [0.25, 0.3) is 22.2 Å². The van der Waals surface area contributed by atoms with Gasteiger partial charge in [0.1, 0.15) is 5.82 Å². The van der Waals surface area contributed by atoms with Crippen molar-refractivity contribution in [3.63, 3.8) is 0 Å². The van der Waals surface area contributed by atoms with Crippen LogP contribution in [0, 0.1) is 0 Å². The Morgan fingerprint density at radius 2 is 1.72 bits per heavy atom. The van der Waals surface area contributed by atoms with Crippen LogP contribution in [0.2, 0.25) is 5.02 Å². The summed E-state index contributed by atoms with van der Waals surface area (Å²) < 4.78 is 0. The van der Waals surface area contributed by atoms with Gasteiger partial charge < -0.3 is 5.32 Å². The third-order valence-electron chi connectivity index (χ3n) is 3.90. The molecule has 3 heterocycles. The first-order chi connectivity index (χ1) is 12.3. The van der Waals surface area contributed by atoms with Crippen molar-refractivity contribution in [1.82, 2.24) is 15.0 Å². The van der Waals surface area contributed by atoms with E-state index in [9.17, 15) is 0 Å². The van der Waals surface area contributed by atoms with Crippen LogP contribution in [0.15, 0.2) is 73.1 Å². The molecule has 4 rings (SSSR count). The number of hydrogen-bond acceptors (Lipinski definition) is 4. The van der Waals surface area contributed by atoms with Crippen molar-refractivity contribution in [1.29, 1.82) is 0 Å². The molecule has 4 nitrogen and oxygen atoms in total. The lowest BCUT2D eigenvalue weighted by molar-refractivity contribution is 1.03. The van der Waals surface area contributed by atoms with Crippen LogP contribution in [0.5, 0.6) is 0 Å². The van der Waals surface area contributed by atoms with Gasteiger partial charge in [0.05, 0.1) is 23.4 Å². The predicted octanol–water partition coefficient (Wildman–Crippen LogP) is 4.96. The maximum atomic E-state index is 5.99. The van der Waals surface area contributed by atoms with E-state index in [0.717, 1.165) is 33.7 Å². The van der Waals surface area contributed by atoms with Crippen molar-refractivity contribution in [2.45, 2.75) is 6.54 Å². The van der Waals surface area contributed by atoms with Gasteiger partial charge in [-0.3, -0.25) is 9.97 Å². The molecule has 3 aromatic heterocycles. The fourth-order valence-corrected chi connectivity index (χ4v) is 2.78. The molecule has 0 aliphatic heterocycles. The molecule has 0 radical (unpaired) electrons. The smallest absolute Gasteiger partial charge is 0.136 e. The number of fused-ring (bicyclic) bond motifs is 1. The lowest BCUT2D eigenvalue weighted by atomic mass is 10.1. The van der Waals surface area contributed by atoms with Gasteiger partial charge >= 0.3 is 0 Å². The summed E-state index contributed by atoms with van der Waals surface area (Å²) in [5, 5.41) is 5.07. The fourth-order valence-electron chi connectivity index (χ4n) is 2.66. The second kappa shape index (κ2) is 6.87. The third-order valence-corrected chi connectivity index (χ3v) is 4.15. The maximum Gasteiger partial charge on any atom is 0.136 e. The Labute approximate surface area is 150 Å². The zero-order chi connectivity index (χ0) is 17.1. The van der Waals surface area contributed by atoms with Crippen molar-refractivity contribution in [3.8, 4) is 11.3 Å². The predicted molar refractivity (Wildman–Crippen MR) is 102 cm³/mol. The van der Waals surface area contributed by atoms with Crippen LogP contribution in [0.1, 0.15) is 5.69 Å². The van der Waals surface area contributed by atoms with Crippen molar-refractivity contribution >= 4 is 28.3 Å². The fraction of sp³-hybridized carbons (Fsp3) is 0.0500. The van der Waals surface area contributed by atoms with Gasteiger partial charge in [-0.2, -0.15) is 0 Å². The highest BCUT2D eigenvalue weighted by molar-refractivity contribution is 6.30. The van der Waals surface area contributed by atoms with E-state index >= 15 is 0 Å². The van der Waals surface area contributed by atoms with Crippen molar-refractivity contribution in [2.75, 3.05) is 5.32 Å². The molecule has 0 saturated heterocycles. The van der Waals surface area contributed by atoms with Crippen LogP contribution in [-0.2, 0) is 6.54 Å². The Morgan fingerprint density at radius 1 is 0.880 bits per heavy atom. The molecular formula is C20H15ClN4. The number of nitrogens with one attached hydrogen (secondary N) is 1. The molecule has 1 N–H and O–H groups in total. The van der Waals surface area contributed by atoms with Crippen molar-refractivity contribution in [3.05, 3.63) is 83.8 Å². The maximum absolute atomic E-state index is 5.99. The number of halogens is 1. The second-order valence-corrected chi connectivity index (χ2v) is 6.04. The van der Waals surface area contributed by atoms with Crippen LogP contribution in [-0.4, -0.2) is 15.0 Å². The molecular weight excluding hydrogens is 332 g/mol. The monoisotopic (exact) mass is 346 g/mol. The summed E-state index contributed by atoms with van der Waals surface area (Å²) >= 11 is 5.99. The molecule has 0 atom stereocenters. The zero-order valence-corrected chi connectivity index (χ0v) is 14.1. The lowest BCUT2D eigenvalue weighted by Gasteiger charge is -2.11. The van der Waals surface area contributed by atoms with Gasteiger partial charge in [-0.15, -0.1) is 0 Å². The number of anilines is 1. The number of nitrogens with zero attached hydrogens (tertiary/aromatic N) is 3. The van der Waals surface area contributed by atoms with E-state index < -0.39 is 0 Å². The Kier molecular flexibility index (Phi) is 4.27. The highest BCUT2D eigenvalue weighted by Gasteiger charge is 2.09. The second-order valence-electron chi connectivity index (χ2n) is 5.61. The number of hydrogen-bond donors (Lipinski definition) is 1. The molecule has 25 heavy (non-hydrogen) atoms. The molecule has 5 heteroatoms. The molecule has 0 aliphatic rings. The van der Waals surface area contributed by atoms with E-state index in [0.29, 0.717) is 11.6 Å². The van der Waals surface area contributed by atoms with E-state index in [4.69, 9.17) is 16.6 Å². The Morgan fingerprint density at radius 3 is 2.52 bits per heavy atom. The van der Waals surface area contributed by atoms with Crippen LogP contribution in [0.3, 0.4) is 0 Å². The van der Waals surface area contributed by atoms with Gasteiger partial charge in [0.15, 0.2) is 0 Å². The molecule has 0 spiro atoms. The summed E-state index contributed by atoms with van der Waals surface area (Å²) in [5.41, 5.74) is 3.70. The molecule has 0 unspecified atom stereocenters. The number of aromatic nitrogens is 3. The summed E-state index contributed by atoms with van der Waals surface area (Å²) in [4.78, 5) is 13.6. The highest BCUT2D eigenvalue weighted by atomic mass is 35.5.